The Morgan fingerprint density at radius 1 is 1.47 bits per heavy atom. The van der Waals surface area contributed by atoms with Crippen molar-refractivity contribution in [1.82, 2.24) is 10.3 Å². The number of rotatable bonds is 4. The number of hydrogen-bond acceptors (Lipinski definition) is 2. The van der Waals surface area contributed by atoms with Crippen molar-refractivity contribution in [2.45, 2.75) is 32.7 Å². The summed E-state index contributed by atoms with van der Waals surface area (Å²) in [7, 11) is 0. The van der Waals surface area contributed by atoms with Crippen molar-refractivity contribution in [1.29, 1.82) is 0 Å². The Labute approximate surface area is 99.6 Å². The van der Waals surface area contributed by atoms with Crippen LogP contribution in [0.3, 0.4) is 0 Å². The molecule has 0 bridgehead atoms. The standard InChI is InChI=1S/C12H17BrN2/c1-12(6-3-7-12)9-14-8-10-4-2-5-11(13)15-10/h2,4-5,14H,3,6-9H2,1H3. The molecule has 0 spiro atoms. The maximum atomic E-state index is 4.39. The first-order valence-corrected chi connectivity index (χ1v) is 6.29. The smallest absolute Gasteiger partial charge is 0.106 e. The molecule has 0 radical (unpaired) electrons. The summed E-state index contributed by atoms with van der Waals surface area (Å²) in [4.78, 5) is 4.39. The van der Waals surface area contributed by atoms with Crippen molar-refractivity contribution >= 4 is 15.9 Å². The van der Waals surface area contributed by atoms with Crippen LogP contribution in [0.15, 0.2) is 22.8 Å². The molecular formula is C12H17BrN2. The summed E-state index contributed by atoms with van der Waals surface area (Å²) in [5, 5.41) is 3.49. The molecule has 82 valence electrons. The van der Waals surface area contributed by atoms with Crippen molar-refractivity contribution in [3.05, 3.63) is 28.5 Å². The second-order valence-electron chi connectivity index (χ2n) is 4.72. The van der Waals surface area contributed by atoms with Crippen LogP contribution in [0.5, 0.6) is 0 Å². The molecule has 0 aromatic carbocycles. The maximum Gasteiger partial charge on any atom is 0.106 e. The SMILES string of the molecule is CC1(CNCc2cccc(Br)n2)CCC1. The summed E-state index contributed by atoms with van der Waals surface area (Å²) in [6.45, 7) is 4.34. The number of pyridine rings is 1. The Hall–Kier alpha value is -0.410. The monoisotopic (exact) mass is 268 g/mol. The van der Waals surface area contributed by atoms with Crippen LogP contribution in [-0.4, -0.2) is 11.5 Å². The van der Waals surface area contributed by atoms with E-state index in [-0.39, 0.29) is 0 Å². The predicted molar refractivity (Wildman–Crippen MR) is 65.6 cm³/mol. The lowest BCUT2D eigenvalue weighted by molar-refractivity contribution is 0.156. The van der Waals surface area contributed by atoms with Gasteiger partial charge in [0.2, 0.25) is 0 Å². The summed E-state index contributed by atoms with van der Waals surface area (Å²) in [6, 6.07) is 6.04. The third-order valence-corrected chi connectivity index (χ3v) is 3.63. The second kappa shape index (κ2) is 4.62. The molecule has 1 aromatic rings. The molecule has 1 saturated carbocycles. The number of hydrogen-bond donors (Lipinski definition) is 1. The topological polar surface area (TPSA) is 24.9 Å². The molecule has 1 N–H and O–H groups in total. The summed E-state index contributed by atoms with van der Waals surface area (Å²) in [6.07, 6.45) is 4.13. The molecule has 1 fully saturated rings. The molecule has 1 aliphatic carbocycles. The molecule has 1 aliphatic rings. The maximum absolute atomic E-state index is 4.39. The van der Waals surface area contributed by atoms with E-state index in [1.165, 1.54) is 19.3 Å². The lowest BCUT2D eigenvalue weighted by atomic mass is 9.70. The first kappa shape index (κ1) is 11.1. The van der Waals surface area contributed by atoms with E-state index in [0.717, 1.165) is 23.4 Å². The third-order valence-electron chi connectivity index (χ3n) is 3.19. The van der Waals surface area contributed by atoms with Crippen LogP contribution in [0, 0.1) is 5.41 Å². The molecule has 2 nitrogen and oxygen atoms in total. The van der Waals surface area contributed by atoms with Crippen molar-refractivity contribution in [3.8, 4) is 0 Å². The van der Waals surface area contributed by atoms with Crippen molar-refractivity contribution < 1.29 is 0 Å². The minimum absolute atomic E-state index is 0.548. The van der Waals surface area contributed by atoms with E-state index in [4.69, 9.17) is 0 Å². The summed E-state index contributed by atoms with van der Waals surface area (Å²) in [5.74, 6) is 0. The molecule has 0 atom stereocenters. The zero-order valence-corrected chi connectivity index (χ0v) is 10.7. The number of halogens is 1. The molecule has 1 aromatic heterocycles. The Kier molecular flexibility index (Phi) is 3.42. The van der Waals surface area contributed by atoms with Gasteiger partial charge in [0.15, 0.2) is 0 Å². The van der Waals surface area contributed by atoms with Gasteiger partial charge >= 0.3 is 0 Å². The number of aromatic nitrogens is 1. The van der Waals surface area contributed by atoms with Crippen LogP contribution in [0.1, 0.15) is 31.9 Å². The Morgan fingerprint density at radius 3 is 2.87 bits per heavy atom. The van der Waals surface area contributed by atoms with Gasteiger partial charge in [0.05, 0.1) is 5.69 Å². The van der Waals surface area contributed by atoms with Crippen LogP contribution in [0.25, 0.3) is 0 Å². The van der Waals surface area contributed by atoms with E-state index in [2.05, 4.69) is 39.2 Å². The largest absolute Gasteiger partial charge is 0.311 e. The summed E-state index contributed by atoms with van der Waals surface area (Å²) >= 11 is 3.38. The molecule has 1 heterocycles. The van der Waals surface area contributed by atoms with Gasteiger partial charge in [-0.25, -0.2) is 4.98 Å². The molecule has 3 heteroatoms. The normalized spacial score (nSPS) is 18.5. The van der Waals surface area contributed by atoms with Gasteiger partial charge in [-0.1, -0.05) is 19.4 Å². The highest BCUT2D eigenvalue weighted by Crippen LogP contribution is 2.39. The highest BCUT2D eigenvalue weighted by Gasteiger charge is 2.30. The van der Waals surface area contributed by atoms with E-state index < -0.39 is 0 Å². The molecule has 0 aliphatic heterocycles. The first-order valence-electron chi connectivity index (χ1n) is 5.50. The number of nitrogens with one attached hydrogen (secondary N) is 1. The quantitative estimate of drug-likeness (QED) is 0.849. The van der Waals surface area contributed by atoms with E-state index in [1.807, 2.05) is 12.1 Å². The lowest BCUT2D eigenvalue weighted by Crippen LogP contribution is -2.37. The number of nitrogens with zero attached hydrogens (tertiary/aromatic N) is 1. The van der Waals surface area contributed by atoms with Gasteiger partial charge in [-0.15, -0.1) is 0 Å². The fourth-order valence-corrected chi connectivity index (χ4v) is 2.38. The van der Waals surface area contributed by atoms with Gasteiger partial charge in [-0.2, -0.15) is 0 Å². The molecular weight excluding hydrogens is 252 g/mol. The molecule has 0 amide bonds. The predicted octanol–water partition coefficient (Wildman–Crippen LogP) is 3.12. The Balaban J connectivity index is 1.78. The van der Waals surface area contributed by atoms with Gasteiger partial charge in [0.25, 0.3) is 0 Å². The summed E-state index contributed by atoms with van der Waals surface area (Å²) < 4.78 is 0.914. The van der Waals surface area contributed by atoms with Crippen molar-refractivity contribution in [2.24, 2.45) is 5.41 Å². The van der Waals surface area contributed by atoms with Crippen molar-refractivity contribution in [3.63, 3.8) is 0 Å². The van der Waals surface area contributed by atoms with Crippen molar-refractivity contribution in [2.75, 3.05) is 6.54 Å². The van der Waals surface area contributed by atoms with Gasteiger partial charge in [-0.3, -0.25) is 0 Å². The van der Waals surface area contributed by atoms with Crippen LogP contribution < -0.4 is 5.32 Å². The minimum atomic E-state index is 0.548. The molecule has 15 heavy (non-hydrogen) atoms. The van der Waals surface area contributed by atoms with Crippen LogP contribution in [0.2, 0.25) is 0 Å². The zero-order chi connectivity index (χ0) is 10.7. The average molecular weight is 269 g/mol. The van der Waals surface area contributed by atoms with Gasteiger partial charge < -0.3 is 5.32 Å². The van der Waals surface area contributed by atoms with Crippen LogP contribution in [0.4, 0.5) is 0 Å². The zero-order valence-electron chi connectivity index (χ0n) is 9.09. The van der Waals surface area contributed by atoms with Gasteiger partial charge in [0, 0.05) is 13.1 Å². The lowest BCUT2D eigenvalue weighted by Gasteiger charge is -2.38. The van der Waals surface area contributed by atoms with Gasteiger partial charge in [-0.05, 0) is 46.3 Å². The second-order valence-corrected chi connectivity index (χ2v) is 5.53. The fraction of sp³-hybridized carbons (Fsp3) is 0.583. The van der Waals surface area contributed by atoms with Crippen LogP contribution in [-0.2, 0) is 6.54 Å². The van der Waals surface area contributed by atoms with E-state index in [1.54, 1.807) is 0 Å². The first-order chi connectivity index (χ1) is 7.18. The van der Waals surface area contributed by atoms with E-state index in [0.29, 0.717) is 5.41 Å². The fourth-order valence-electron chi connectivity index (χ4n) is 2.00. The minimum Gasteiger partial charge on any atom is -0.311 e. The molecule has 2 rings (SSSR count). The summed E-state index contributed by atoms with van der Waals surface area (Å²) in [5.41, 5.74) is 1.65. The van der Waals surface area contributed by atoms with Gasteiger partial charge in [0.1, 0.15) is 4.60 Å². The van der Waals surface area contributed by atoms with E-state index in [9.17, 15) is 0 Å². The highest BCUT2D eigenvalue weighted by molar-refractivity contribution is 9.10. The Bertz CT molecular complexity index is 334. The van der Waals surface area contributed by atoms with E-state index >= 15 is 0 Å². The highest BCUT2D eigenvalue weighted by atomic mass is 79.9. The molecule has 0 saturated heterocycles. The molecule has 0 unspecified atom stereocenters. The van der Waals surface area contributed by atoms with Crippen LogP contribution >= 0.6 is 15.9 Å². The average Bonchev–Trinajstić information content (AvgIpc) is 2.15. The third kappa shape index (κ3) is 3.02. The Morgan fingerprint density at radius 2 is 2.27 bits per heavy atom.